The first kappa shape index (κ1) is 17.1. The maximum atomic E-state index is 5.97. The third kappa shape index (κ3) is 3.90. The molecule has 0 radical (unpaired) electrons. The fourth-order valence-corrected chi connectivity index (χ4v) is 3.08. The zero-order chi connectivity index (χ0) is 17.9. The van der Waals surface area contributed by atoms with Gasteiger partial charge in [0.15, 0.2) is 0 Å². The van der Waals surface area contributed by atoms with Gasteiger partial charge in [0, 0.05) is 21.2 Å². The minimum Gasteiger partial charge on any atom is -0.411 e. The highest BCUT2D eigenvalue weighted by Crippen LogP contribution is 2.27. The molecule has 0 unspecified atom stereocenters. The number of nitrogens with zero attached hydrogens (tertiary/aromatic N) is 4. The van der Waals surface area contributed by atoms with Crippen LogP contribution < -0.4 is 0 Å². The fourth-order valence-electron chi connectivity index (χ4n) is 2.16. The zero-order valence-corrected chi connectivity index (χ0v) is 15.4. The summed E-state index contributed by atoms with van der Waals surface area (Å²) < 4.78 is 10.9. The Hall–Kier alpha value is -2.35. The highest BCUT2D eigenvalue weighted by Gasteiger charge is 2.13. The minimum atomic E-state index is 0.405. The molecule has 0 N–H and O–H groups in total. The molecule has 6 nitrogen and oxygen atoms in total. The molecule has 0 bridgehead atoms. The van der Waals surface area contributed by atoms with Crippen LogP contribution in [0.5, 0.6) is 0 Å². The lowest BCUT2D eigenvalue weighted by Gasteiger charge is -1.94. The van der Waals surface area contributed by atoms with Crippen molar-refractivity contribution in [3.05, 3.63) is 64.5 Å². The minimum absolute atomic E-state index is 0.405. The van der Waals surface area contributed by atoms with E-state index >= 15 is 0 Å². The van der Waals surface area contributed by atoms with Gasteiger partial charge in [-0.05, 0) is 42.5 Å². The van der Waals surface area contributed by atoms with Crippen LogP contribution in [-0.4, -0.2) is 20.3 Å². The van der Waals surface area contributed by atoms with Crippen LogP contribution in [0.2, 0.25) is 10.0 Å². The Labute approximate surface area is 162 Å². The van der Waals surface area contributed by atoms with Crippen molar-refractivity contribution < 1.29 is 8.94 Å². The SMILES string of the molecule is Clc1ccc(-c2noc(CSc3nnc(-c4cccc(Cl)c4)o3)n2)cc1. The second-order valence-corrected chi connectivity index (χ2v) is 6.99. The van der Waals surface area contributed by atoms with Crippen LogP contribution >= 0.6 is 35.0 Å². The number of halogens is 2. The van der Waals surface area contributed by atoms with Crippen molar-refractivity contribution in [3.8, 4) is 22.8 Å². The van der Waals surface area contributed by atoms with Crippen molar-refractivity contribution in [2.24, 2.45) is 0 Å². The summed E-state index contributed by atoms with van der Waals surface area (Å²) in [5, 5.41) is 13.7. The predicted molar refractivity (Wildman–Crippen MR) is 99.0 cm³/mol. The van der Waals surface area contributed by atoms with Gasteiger partial charge in [-0.15, -0.1) is 10.2 Å². The first-order valence-electron chi connectivity index (χ1n) is 7.48. The molecule has 2 heterocycles. The summed E-state index contributed by atoms with van der Waals surface area (Å²) in [5.41, 5.74) is 1.59. The molecule has 2 aromatic carbocycles. The Kier molecular flexibility index (Phi) is 4.92. The summed E-state index contributed by atoms with van der Waals surface area (Å²) >= 11 is 13.2. The van der Waals surface area contributed by atoms with Crippen molar-refractivity contribution >= 4 is 35.0 Å². The van der Waals surface area contributed by atoms with Crippen molar-refractivity contribution in [1.29, 1.82) is 0 Å². The molecule has 130 valence electrons. The maximum absolute atomic E-state index is 5.97. The molecule has 0 aliphatic rings. The van der Waals surface area contributed by atoms with Gasteiger partial charge in [0.2, 0.25) is 17.6 Å². The van der Waals surface area contributed by atoms with Crippen molar-refractivity contribution in [1.82, 2.24) is 20.3 Å². The van der Waals surface area contributed by atoms with Crippen LogP contribution in [0.3, 0.4) is 0 Å². The molecule has 0 fully saturated rings. The molecule has 4 aromatic rings. The van der Waals surface area contributed by atoms with Crippen LogP contribution in [0, 0.1) is 0 Å². The summed E-state index contributed by atoms with van der Waals surface area (Å²) in [6.45, 7) is 0. The number of hydrogen-bond donors (Lipinski definition) is 0. The van der Waals surface area contributed by atoms with Crippen LogP contribution in [0.4, 0.5) is 0 Å². The molecule has 0 amide bonds. The topological polar surface area (TPSA) is 77.8 Å². The molecule has 0 saturated carbocycles. The second kappa shape index (κ2) is 7.49. The molecule has 2 aromatic heterocycles. The van der Waals surface area contributed by atoms with Crippen LogP contribution in [0.25, 0.3) is 22.8 Å². The summed E-state index contributed by atoms with van der Waals surface area (Å²) in [5.74, 6) is 1.78. The largest absolute Gasteiger partial charge is 0.411 e. The van der Waals surface area contributed by atoms with Gasteiger partial charge in [-0.1, -0.05) is 46.2 Å². The highest BCUT2D eigenvalue weighted by molar-refractivity contribution is 7.98. The van der Waals surface area contributed by atoms with E-state index in [0.29, 0.717) is 38.6 Å². The Morgan fingerprint density at radius 3 is 2.58 bits per heavy atom. The molecule has 0 atom stereocenters. The highest BCUT2D eigenvalue weighted by atomic mass is 35.5. The lowest BCUT2D eigenvalue weighted by Crippen LogP contribution is -1.83. The van der Waals surface area contributed by atoms with E-state index in [1.54, 1.807) is 24.3 Å². The quantitative estimate of drug-likeness (QED) is 0.412. The Bertz CT molecular complexity index is 1030. The van der Waals surface area contributed by atoms with Crippen LogP contribution in [0.1, 0.15) is 5.89 Å². The summed E-state index contributed by atoms with van der Waals surface area (Å²) in [6.07, 6.45) is 0. The van der Waals surface area contributed by atoms with E-state index in [4.69, 9.17) is 32.1 Å². The van der Waals surface area contributed by atoms with Gasteiger partial charge in [0.1, 0.15) is 0 Å². The first-order chi connectivity index (χ1) is 12.7. The van der Waals surface area contributed by atoms with Crippen LogP contribution in [0.15, 0.2) is 62.7 Å². The second-order valence-electron chi connectivity index (χ2n) is 5.19. The normalized spacial score (nSPS) is 11.0. The average molecular weight is 405 g/mol. The Morgan fingerprint density at radius 1 is 0.923 bits per heavy atom. The lowest BCUT2D eigenvalue weighted by molar-refractivity contribution is 0.391. The predicted octanol–water partition coefficient (Wildman–Crippen LogP) is 5.39. The first-order valence-corrected chi connectivity index (χ1v) is 9.22. The van der Waals surface area contributed by atoms with E-state index in [1.807, 2.05) is 24.3 Å². The Balaban J connectivity index is 1.43. The number of thioether (sulfide) groups is 1. The van der Waals surface area contributed by atoms with E-state index in [-0.39, 0.29) is 0 Å². The standard InChI is InChI=1S/C17H10Cl2N4O2S/c18-12-6-4-10(5-7-12)15-20-14(25-23-15)9-26-17-22-21-16(24-17)11-2-1-3-13(19)8-11/h1-8H,9H2. The van der Waals surface area contributed by atoms with Crippen molar-refractivity contribution in [2.45, 2.75) is 11.0 Å². The van der Waals surface area contributed by atoms with Gasteiger partial charge >= 0.3 is 0 Å². The third-order valence-electron chi connectivity index (χ3n) is 3.37. The molecule has 0 aliphatic carbocycles. The Morgan fingerprint density at radius 2 is 1.77 bits per heavy atom. The number of aromatic nitrogens is 4. The number of hydrogen-bond acceptors (Lipinski definition) is 7. The molecule has 26 heavy (non-hydrogen) atoms. The molecule has 0 spiro atoms. The monoisotopic (exact) mass is 404 g/mol. The van der Waals surface area contributed by atoms with Gasteiger partial charge in [0.05, 0.1) is 5.75 Å². The maximum Gasteiger partial charge on any atom is 0.277 e. The van der Waals surface area contributed by atoms with Crippen molar-refractivity contribution in [3.63, 3.8) is 0 Å². The van der Waals surface area contributed by atoms with Gasteiger partial charge in [0.25, 0.3) is 5.22 Å². The van der Waals surface area contributed by atoms with E-state index in [2.05, 4.69) is 20.3 Å². The van der Waals surface area contributed by atoms with Gasteiger partial charge in [-0.3, -0.25) is 0 Å². The summed E-state index contributed by atoms with van der Waals surface area (Å²) in [7, 11) is 0. The summed E-state index contributed by atoms with van der Waals surface area (Å²) in [4.78, 5) is 4.35. The van der Waals surface area contributed by atoms with Gasteiger partial charge < -0.3 is 8.94 Å². The van der Waals surface area contributed by atoms with Crippen molar-refractivity contribution in [2.75, 3.05) is 0 Å². The molecule has 4 rings (SSSR count). The van der Waals surface area contributed by atoms with Gasteiger partial charge in [-0.25, -0.2) is 0 Å². The average Bonchev–Trinajstić information content (AvgIpc) is 3.30. The molecule has 9 heteroatoms. The van der Waals surface area contributed by atoms with E-state index in [9.17, 15) is 0 Å². The van der Waals surface area contributed by atoms with E-state index in [1.165, 1.54) is 11.8 Å². The lowest BCUT2D eigenvalue weighted by atomic mass is 10.2. The fraction of sp³-hybridized carbons (Fsp3) is 0.0588. The smallest absolute Gasteiger partial charge is 0.277 e. The van der Waals surface area contributed by atoms with E-state index in [0.717, 1.165) is 11.1 Å². The zero-order valence-electron chi connectivity index (χ0n) is 13.1. The number of benzene rings is 2. The summed E-state index contributed by atoms with van der Waals surface area (Å²) in [6, 6.07) is 14.4. The molecular formula is C17H10Cl2N4O2S. The molecular weight excluding hydrogens is 395 g/mol. The molecule has 0 saturated heterocycles. The molecule has 0 aliphatic heterocycles. The van der Waals surface area contributed by atoms with Crippen LogP contribution in [-0.2, 0) is 5.75 Å². The third-order valence-corrected chi connectivity index (χ3v) is 4.66. The van der Waals surface area contributed by atoms with Gasteiger partial charge in [-0.2, -0.15) is 4.98 Å². The van der Waals surface area contributed by atoms with E-state index < -0.39 is 0 Å². The number of rotatable bonds is 5.